The fourth-order valence-electron chi connectivity index (χ4n) is 4.09. The summed E-state index contributed by atoms with van der Waals surface area (Å²) in [6.45, 7) is 2.36. The Morgan fingerprint density at radius 3 is 2.93 bits per heavy atom. The van der Waals surface area contributed by atoms with Crippen LogP contribution in [0, 0.1) is 5.92 Å². The van der Waals surface area contributed by atoms with Gasteiger partial charge in [-0.3, -0.25) is 0 Å². The number of rotatable bonds is 4. The summed E-state index contributed by atoms with van der Waals surface area (Å²) >= 11 is 0. The molecule has 1 aliphatic carbocycles. The summed E-state index contributed by atoms with van der Waals surface area (Å²) in [5.41, 5.74) is 0.536. The van der Waals surface area contributed by atoms with E-state index in [-0.39, 0.29) is 0 Å². The second-order valence-corrected chi connectivity index (χ2v) is 7.20. The SMILES string of the molecule is FC(F)(F)c1cccc(-n2cc(NC3CCCC3C3COCCN3)cn2)c1. The highest BCUT2D eigenvalue weighted by atomic mass is 19.4. The molecule has 1 saturated carbocycles. The van der Waals surface area contributed by atoms with Crippen molar-refractivity contribution < 1.29 is 17.9 Å². The molecule has 1 aromatic carbocycles. The zero-order valence-electron chi connectivity index (χ0n) is 14.9. The third kappa shape index (κ3) is 4.11. The van der Waals surface area contributed by atoms with E-state index in [0.717, 1.165) is 56.8 Å². The molecule has 27 heavy (non-hydrogen) atoms. The predicted octanol–water partition coefficient (Wildman–Crippen LogP) is 3.46. The summed E-state index contributed by atoms with van der Waals surface area (Å²) < 4.78 is 45.8. The van der Waals surface area contributed by atoms with E-state index in [1.807, 2.05) is 0 Å². The van der Waals surface area contributed by atoms with Crippen LogP contribution in [0.25, 0.3) is 5.69 Å². The van der Waals surface area contributed by atoms with Gasteiger partial charge in [-0.05, 0) is 37.0 Å². The van der Waals surface area contributed by atoms with E-state index in [1.165, 1.54) is 10.7 Å². The van der Waals surface area contributed by atoms with E-state index >= 15 is 0 Å². The monoisotopic (exact) mass is 380 g/mol. The summed E-state index contributed by atoms with van der Waals surface area (Å²) in [7, 11) is 0. The molecule has 1 aromatic heterocycles. The molecule has 2 aromatic rings. The fraction of sp³-hybridized carbons (Fsp3) is 0.526. The Hall–Kier alpha value is -2.06. The van der Waals surface area contributed by atoms with Crippen molar-refractivity contribution >= 4 is 5.69 Å². The maximum atomic E-state index is 12.9. The van der Waals surface area contributed by atoms with Crippen molar-refractivity contribution in [2.45, 2.75) is 37.5 Å². The number of halogens is 3. The van der Waals surface area contributed by atoms with E-state index in [1.54, 1.807) is 18.5 Å². The van der Waals surface area contributed by atoms with Gasteiger partial charge in [-0.25, -0.2) is 4.68 Å². The van der Waals surface area contributed by atoms with Crippen LogP contribution in [0.3, 0.4) is 0 Å². The molecule has 2 fully saturated rings. The second kappa shape index (κ2) is 7.52. The van der Waals surface area contributed by atoms with E-state index in [2.05, 4.69) is 15.7 Å². The third-order valence-corrected chi connectivity index (χ3v) is 5.41. The molecule has 146 valence electrons. The molecule has 2 aliphatic rings. The van der Waals surface area contributed by atoms with Gasteiger partial charge in [-0.1, -0.05) is 12.5 Å². The van der Waals surface area contributed by atoms with Gasteiger partial charge in [0.1, 0.15) is 0 Å². The third-order valence-electron chi connectivity index (χ3n) is 5.41. The average molecular weight is 380 g/mol. The standard InChI is InChI=1S/C19H23F3N4O/c20-19(21,22)13-3-1-4-15(9-13)26-11-14(10-24-26)25-17-6-2-5-16(17)18-12-27-8-7-23-18/h1,3-4,9-11,16-18,23,25H,2,5-8,12H2. The van der Waals surface area contributed by atoms with Crippen molar-refractivity contribution in [1.29, 1.82) is 0 Å². The molecule has 4 rings (SSSR count). The van der Waals surface area contributed by atoms with Gasteiger partial charge in [0.15, 0.2) is 0 Å². The first-order valence-electron chi connectivity index (χ1n) is 9.31. The molecular formula is C19H23F3N4O. The van der Waals surface area contributed by atoms with Gasteiger partial charge >= 0.3 is 6.18 Å². The van der Waals surface area contributed by atoms with E-state index in [4.69, 9.17) is 4.74 Å². The molecule has 1 saturated heterocycles. The van der Waals surface area contributed by atoms with E-state index in [9.17, 15) is 13.2 Å². The largest absolute Gasteiger partial charge is 0.416 e. The Morgan fingerprint density at radius 1 is 1.26 bits per heavy atom. The zero-order valence-corrected chi connectivity index (χ0v) is 14.9. The van der Waals surface area contributed by atoms with Crippen LogP contribution in [0.15, 0.2) is 36.7 Å². The minimum Gasteiger partial charge on any atom is -0.379 e. The maximum Gasteiger partial charge on any atom is 0.416 e. The van der Waals surface area contributed by atoms with E-state index in [0.29, 0.717) is 23.7 Å². The van der Waals surface area contributed by atoms with Crippen molar-refractivity contribution in [3.05, 3.63) is 42.2 Å². The van der Waals surface area contributed by atoms with Crippen LogP contribution in [0.2, 0.25) is 0 Å². The van der Waals surface area contributed by atoms with Crippen LogP contribution in [0.1, 0.15) is 24.8 Å². The number of ether oxygens (including phenoxy) is 1. The van der Waals surface area contributed by atoms with Crippen LogP contribution >= 0.6 is 0 Å². The smallest absolute Gasteiger partial charge is 0.379 e. The number of alkyl halides is 3. The van der Waals surface area contributed by atoms with Crippen LogP contribution < -0.4 is 10.6 Å². The molecule has 0 amide bonds. The number of aromatic nitrogens is 2. The minimum atomic E-state index is -4.36. The molecule has 2 N–H and O–H groups in total. The number of nitrogens with zero attached hydrogens (tertiary/aromatic N) is 2. The second-order valence-electron chi connectivity index (χ2n) is 7.20. The Morgan fingerprint density at radius 2 is 2.15 bits per heavy atom. The highest BCUT2D eigenvalue weighted by Gasteiger charge is 2.35. The average Bonchev–Trinajstić information content (AvgIpc) is 3.32. The highest BCUT2D eigenvalue weighted by Crippen LogP contribution is 2.33. The lowest BCUT2D eigenvalue weighted by Gasteiger charge is -2.33. The number of hydrogen-bond donors (Lipinski definition) is 2. The molecule has 3 unspecified atom stereocenters. The molecule has 0 bridgehead atoms. The normalized spacial score (nSPS) is 26.3. The zero-order chi connectivity index (χ0) is 18.9. The highest BCUT2D eigenvalue weighted by molar-refractivity contribution is 5.44. The summed E-state index contributed by atoms with van der Waals surface area (Å²) in [5.74, 6) is 0.474. The van der Waals surface area contributed by atoms with Gasteiger partial charge in [0.25, 0.3) is 0 Å². The van der Waals surface area contributed by atoms with Gasteiger partial charge in [0.05, 0.1) is 42.5 Å². The Labute approximate surface area is 155 Å². The number of morpholine rings is 1. The number of nitrogens with one attached hydrogen (secondary N) is 2. The number of anilines is 1. The summed E-state index contributed by atoms with van der Waals surface area (Å²) in [4.78, 5) is 0. The van der Waals surface area contributed by atoms with Crippen LogP contribution in [0.5, 0.6) is 0 Å². The lowest BCUT2D eigenvalue weighted by molar-refractivity contribution is -0.137. The predicted molar refractivity (Wildman–Crippen MR) is 95.9 cm³/mol. The molecule has 5 nitrogen and oxygen atoms in total. The first-order valence-corrected chi connectivity index (χ1v) is 9.31. The van der Waals surface area contributed by atoms with Crippen molar-refractivity contribution in [1.82, 2.24) is 15.1 Å². The Kier molecular flexibility index (Phi) is 5.10. The van der Waals surface area contributed by atoms with Crippen LogP contribution in [0.4, 0.5) is 18.9 Å². The summed E-state index contributed by atoms with van der Waals surface area (Å²) in [5, 5.41) is 11.3. The summed E-state index contributed by atoms with van der Waals surface area (Å²) in [6, 6.07) is 5.84. The Bertz CT molecular complexity index is 770. The van der Waals surface area contributed by atoms with E-state index < -0.39 is 11.7 Å². The summed E-state index contributed by atoms with van der Waals surface area (Å²) in [6.07, 6.45) is 2.41. The number of hydrogen-bond acceptors (Lipinski definition) is 4. The molecular weight excluding hydrogens is 357 g/mol. The molecule has 3 atom stereocenters. The van der Waals surface area contributed by atoms with Gasteiger partial charge in [-0.2, -0.15) is 18.3 Å². The quantitative estimate of drug-likeness (QED) is 0.853. The van der Waals surface area contributed by atoms with Crippen LogP contribution in [-0.2, 0) is 10.9 Å². The van der Waals surface area contributed by atoms with Crippen molar-refractivity contribution in [3.63, 3.8) is 0 Å². The van der Waals surface area contributed by atoms with Gasteiger partial charge in [0, 0.05) is 18.6 Å². The fourth-order valence-corrected chi connectivity index (χ4v) is 4.09. The van der Waals surface area contributed by atoms with Crippen LogP contribution in [-0.4, -0.2) is 41.6 Å². The lowest BCUT2D eigenvalue weighted by atomic mass is 9.94. The van der Waals surface area contributed by atoms with Gasteiger partial charge in [-0.15, -0.1) is 0 Å². The molecule has 8 heteroatoms. The topological polar surface area (TPSA) is 51.1 Å². The first-order chi connectivity index (χ1) is 13.0. The molecule has 0 radical (unpaired) electrons. The Balaban J connectivity index is 1.46. The van der Waals surface area contributed by atoms with Crippen molar-refractivity contribution in [3.8, 4) is 5.69 Å². The molecule has 1 aliphatic heterocycles. The number of benzene rings is 1. The van der Waals surface area contributed by atoms with Gasteiger partial charge in [0.2, 0.25) is 0 Å². The maximum absolute atomic E-state index is 12.9. The molecule has 0 spiro atoms. The molecule has 2 heterocycles. The minimum absolute atomic E-state index is 0.309. The lowest BCUT2D eigenvalue weighted by Crippen LogP contribution is -2.49. The van der Waals surface area contributed by atoms with Crippen molar-refractivity contribution in [2.75, 3.05) is 25.1 Å². The van der Waals surface area contributed by atoms with Crippen molar-refractivity contribution in [2.24, 2.45) is 5.92 Å². The van der Waals surface area contributed by atoms with Gasteiger partial charge < -0.3 is 15.4 Å². The first kappa shape index (κ1) is 18.3.